The van der Waals surface area contributed by atoms with E-state index < -0.39 is 0 Å². The summed E-state index contributed by atoms with van der Waals surface area (Å²) in [4.78, 5) is 28.0. The molecular weight excluding hydrogens is 331 g/mol. The van der Waals surface area contributed by atoms with Gasteiger partial charge in [0.15, 0.2) is 0 Å². The van der Waals surface area contributed by atoms with E-state index in [1.807, 2.05) is 30.0 Å². The number of carbonyl (C=O) groups excluding carboxylic acids is 2. The topological polar surface area (TPSA) is 40.6 Å². The summed E-state index contributed by atoms with van der Waals surface area (Å²) < 4.78 is 14.0. The van der Waals surface area contributed by atoms with Gasteiger partial charge in [0, 0.05) is 37.7 Å². The second-order valence-electron chi connectivity index (χ2n) is 6.73. The van der Waals surface area contributed by atoms with Crippen molar-refractivity contribution in [2.45, 2.75) is 32.4 Å². The smallest absolute Gasteiger partial charge is 0.254 e. The molecule has 1 aliphatic heterocycles. The van der Waals surface area contributed by atoms with Gasteiger partial charge in [-0.2, -0.15) is 0 Å². The SMILES string of the molecule is CC(c1ccccc1F)N(C)C(=O)c1cccc(CN2CCCC2=O)c1. The number of nitrogens with zero attached hydrogens (tertiary/aromatic N) is 2. The van der Waals surface area contributed by atoms with Crippen molar-refractivity contribution < 1.29 is 14.0 Å². The summed E-state index contributed by atoms with van der Waals surface area (Å²) >= 11 is 0. The van der Waals surface area contributed by atoms with Crippen LogP contribution in [0.1, 0.15) is 47.3 Å². The van der Waals surface area contributed by atoms with Crippen LogP contribution in [0.2, 0.25) is 0 Å². The maximum absolute atomic E-state index is 14.0. The molecule has 0 aromatic heterocycles. The summed E-state index contributed by atoms with van der Waals surface area (Å²) in [5.74, 6) is -0.330. The third-order valence-corrected chi connectivity index (χ3v) is 4.98. The minimum atomic E-state index is -0.382. The van der Waals surface area contributed by atoms with Crippen molar-refractivity contribution in [3.05, 3.63) is 71.0 Å². The molecule has 1 saturated heterocycles. The highest BCUT2D eigenvalue weighted by Crippen LogP contribution is 2.24. The molecule has 1 heterocycles. The highest BCUT2D eigenvalue weighted by atomic mass is 19.1. The number of benzene rings is 2. The number of hydrogen-bond donors (Lipinski definition) is 0. The van der Waals surface area contributed by atoms with E-state index in [-0.39, 0.29) is 23.7 Å². The molecule has 0 spiro atoms. The summed E-state index contributed by atoms with van der Waals surface area (Å²) in [6.45, 7) is 3.09. The highest BCUT2D eigenvalue weighted by Gasteiger charge is 2.23. The summed E-state index contributed by atoms with van der Waals surface area (Å²) in [7, 11) is 1.68. The molecule has 0 aliphatic carbocycles. The standard InChI is InChI=1S/C21H23FN2O2/c1-15(18-9-3-4-10-19(18)22)23(2)21(26)17-8-5-7-16(13-17)14-24-12-6-11-20(24)25/h3-5,7-10,13,15H,6,11-12,14H2,1-2H3. The molecular formula is C21H23FN2O2. The van der Waals surface area contributed by atoms with Crippen LogP contribution in [0.25, 0.3) is 0 Å². The molecule has 2 aromatic rings. The predicted molar refractivity (Wildman–Crippen MR) is 98.0 cm³/mol. The third-order valence-electron chi connectivity index (χ3n) is 4.98. The van der Waals surface area contributed by atoms with Crippen LogP contribution in [0.4, 0.5) is 4.39 Å². The van der Waals surface area contributed by atoms with Gasteiger partial charge in [-0.05, 0) is 37.1 Å². The van der Waals surface area contributed by atoms with Gasteiger partial charge in [0.2, 0.25) is 5.91 Å². The number of halogens is 1. The zero-order valence-corrected chi connectivity index (χ0v) is 15.1. The van der Waals surface area contributed by atoms with Gasteiger partial charge >= 0.3 is 0 Å². The minimum absolute atomic E-state index is 0.159. The number of amides is 2. The summed E-state index contributed by atoms with van der Waals surface area (Å²) in [6, 6.07) is 13.4. The van der Waals surface area contributed by atoms with Crippen molar-refractivity contribution in [3.8, 4) is 0 Å². The molecule has 2 amide bonds. The lowest BCUT2D eigenvalue weighted by atomic mass is 10.0. The number of hydrogen-bond acceptors (Lipinski definition) is 2. The molecule has 2 aromatic carbocycles. The Morgan fingerprint density at radius 3 is 2.69 bits per heavy atom. The average Bonchev–Trinajstić information content (AvgIpc) is 3.05. The van der Waals surface area contributed by atoms with Crippen molar-refractivity contribution >= 4 is 11.8 Å². The second-order valence-corrected chi connectivity index (χ2v) is 6.73. The zero-order chi connectivity index (χ0) is 18.7. The molecule has 0 radical (unpaired) electrons. The Morgan fingerprint density at radius 1 is 1.23 bits per heavy atom. The molecule has 26 heavy (non-hydrogen) atoms. The molecule has 1 fully saturated rings. The van der Waals surface area contributed by atoms with E-state index in [0.29, 0.717) is 24.1 Å². The first kappa shape index (κ1) is 18.1. The van der Waals surface area contributed by atoms with Crippen LogP contribution in [-0.4, -0.2) is 35.2 Å². The molecule has 1 aliphatic rings. The Hall–Kier alpha value is -2.69. The maximum atomic E-state index is 14.0. The van der Waals surface area contributed by atoms with Crippen molar-refractivity contribution in [1.29, 1.82) is 0 Å². The fourth-order valence-corrected chi connectivity index (χ4v) is 3.30. The van der Waals surface area contributed by atoms with Gasteiger partial charge < -0.3 is 9.80 Å². The summed E-state index contributed by atoms with van der Waals surface area (Å²) in [5, 5.41) is 0. The van der Waals surface area contributed by atoms with E-state index in [2.05, 4.69) is 0 Å². The van der Waals surface area contributed by atoms with Gasteiger partial charge in [0.25, 0.3) is 5.91 Å². The van der Waals surface area contributed by atoms with Crippen molar-refractivity contribution in [1.82, 2.24) is 9.80 Å². The number of rotatable bonds is 5. The normalized spacial score (nSPS) is 15.2. The van der Waals surface area contributed by atoms with Crippen LogP contribution in [0, 0.1) is 5.82 Å². The van der Waals surface area contributed by atoms with E-state index in [0.717, 1.165) is 18.5 Å². The van der Waals surface area contributed by atoms with E-state index in [1.54, 1.807) is 36.2 Å². The Bertz CT molecular complexity index is 821. The predicted octanol–water partition coefficient (Wildman–Crippen LogP) is 3.78. The van der Waals surface area contributed by atoms with Gasteiger partial charge in [-0.15, -0.1) is 0 Å². The number of carbonyl (C=O) groups is 2. The first-order valence-corrected chi connectivity index (χ1v) is 8.85. The quantitative estimate of drug-likeness (QED) is 0.820. The molecule has 4 nitrogen and oxygen atoms in total. The van der Waals surface area contributed by atoms with Gasteiger partial charge in [0.05, 0.1) is 6.04 Å². The van der Waals surface area contributed by atoms with E-state index in [1.165, 1.54) is 6.07 Å². The van der Waals surface area contributed by atoms with Crippen LogP contribution in [0.3, 0.4) is 0 Å². The fourth-order valence-electron chi connectivity index (χ4n) is 3.30. The largest absolute Gasteiger partial charge is 0.338 e. The van der Waals surface area contributed by atoms with E-state index in [9.17, 15) is 14.0 Å². The first-order chi connectivity index (χ1) is 12.5. The van der Waals surface area contributed by atoms with Crippen molar-refractivity contribution in [2.24, 2.45) is 0 Å². The Morgan fingerprint density at radius 2 is 2.00 bits per heavy atom. The third kappa shape index (κ3) is 3.77. The maximum Gasteiger partial charge on any atom is 0.254 e. The fraction of sp³-hybridized carbons (Fsp3) is 0.333. The lowest BCUT2D eigenvalue weighted by Crippen LogP contribution is -2.30. The van der Waals surface area contributed by atoms with Crippen LogP contribution >= 0.6 is 0 Å². The van der Waals surface area contributed by atoms with Gasteiger partial charge in [-0.1, -0.05) is 30.3 Å². The minimum Gasteiger partial charge on any atom is -0.338 e. The zero-order valence-electron chi connectivity index (χ0n) is 15.1. The Labute approximate surface area is 153 Å². The molecule has 0 bridgehead atoms. The Kier molecular flexibility index (Phi) is 5.35. The lowest BCUT2D eigenvalue weighted by Gasteiger charge is -2.26. The van der Waals surface area contributed by atoms with Crippen molar-refractivity contribution in [3.63, 3.8) is 0 Å². The average molecular weight is 354 g/mol. The highest BCUT2D eigenvalue weighted by molar-refractivity contribution is 5.94. The van der Waals surface area contributed by atoms with Crippen LogP contribution in [-0.2, 0) is 11.3 Å². The molecule has 3 rings (SSSR count). The van der Waals surface area contributed by atoms with Crippen LogP contribution in [0.15, 0.2) is 48.5 Å². The van der Waals surface area contributed by atoms with Crippen molar-refractivity contribution in [2.75, 3.05) is 13.6 Å². The number of likely N-dealkylation sites (tertiary alicyclic amines) is 1. The van der Waals surface area contributed by atoms with Crippen LogP contribution in [0.5, 0.6) is 0 Å². The van der Waals surface area contributed by atoms with Crippen LogP contribution < -0.4 is 0 Å². The van der Waals surface area contributed by atoms with E-state index in [4.69, 9.17) is 0 Å². The first-order valence-electron chi connectivity index (χ1n) is 8.85. The molecule has 0 N–H and O–H groups in total. The summed E-state index contributed by atoms with van der Waals surface area (Å²) in [6.07, 6.45) is 1.49. The molecule has 5 heteroatoms. The molecule has 0 saturated carbocycles. The molecule has 136 valence electrons. The summed E-state index contributed by atoms with van der Waals surface area (Å²) in [5.41, 5.74) is 1.96. The lowest BCUT2D eigenvalue weighted by molar-refractivity contribution is -0.128. The van der Waals surface area contributed by atoms with Gasteiger partial charge in [-0.25, -0.2) is 4.39 Å². The van der Waals surface area contributed by atoms with Gasteiger partial charge in [0.1, 0.15) is 5.82 Å². The Balaban J connectivity index is 1.75. The van der Waals surface area contributed by atoms with E-state index >= 15 is 0 Å². The second kappa shape index (κ2) is 7.68. The molecule has 1 unspecified atom stereocenters. The monoisotopic (exact) mass is 354 g/mol. The van der Waals surface area contributed by atoms with Gasteiger partial charge in [-0.3, -0.25) is 9.59 Å². The molecule has 1 atom stereocenters.